The summed E-state index contributed by atoms with van der Waals surface area (Å²) < 4.78 is 7.14. The first-order valence-corrected chi connectivity index (χ1v) is 9.38. The highest BCUT2D eigenvalue weighted by molar-refractivity contribution is 6.05. The summed E-state index contributed by atoms with van der Waals surface area (Å²) in [5.74, 6) is 0.814. The van der Waals surface area contributed by atoms with E-state index in [1.807, 2.05) is 30.3 Å². The Morgan fingerprint density at radius 1 is 1.21 bits per heavy atom. The molecule has 4 aromatic rings. The van der Waals surface area contributed by atoms with Crippen LogP contribution < -0.4 is 15.7 Å². The van der Waals surface area contributed by atoms with Crippen LogP contribution in [0.4, 0.5) is 5.82 Å². The zero-order chi connectivity index (χ0) is 20.0. The van der Waals surface area contributed by atoms with Crippen molar-refractivity contribution in [2.75, 3.05) is 12.4 Å². The van der Waals surface area contributed by atoms with Crippen molar-refractivity contribution < 1.29 is 9.53 Å². The highest BCUT2D eigenvalue weighted by atomic mass is 16.5. The number of nitrogens with zero attached hydrogens (tertiary/aromatic N) is 2. The van der Waals surface area contributed by atoms with Gasteiger partial charge in [-0.25, -0.2) is 4.79 Å². The van der Waals surface area contributed by atoms with Crippen molar-refractivity contribution in [3.8, 4) is 17.0 Å². The van der Waals surface area contributed by atoms with Gasteiger partial charge in [-0.1, -0.05) is 12.1 Å². The fourth-order valence-electron chi connectivity index (χ4n) is 3.55. The molecule has 0 atom stereocenters. The van der Waals surface area contributed by atoms with Crippen molar-refractivity contribution in [1.82, 2.24) is 19.7 Å². The Morgan fingerprint density at radius 3 is 2.83 bits per heavy atom. The van der Waals surface area contributed by atoms with Crippen LogP contribution >= 0.6 is 0 Å². The minimum absolute atomic E-state index is 0.131. The van der Waals surface area contributed by atoms with E-state index in [-0.39, 0.29) is 17.6 Å². The molecule has 146 valence electrons. The Bertz CT molecular complexity index is 1280. The average Bonchev–Trinajstić information content (AvgIpc) is 3.36. The normalized spacial score (nSPS) is 13.6. The van der Waals surface area contributed by atoms with Crippen LogP contribution in [0.15, 0.2) is 53.3 Å². The standard InChI is InChI=1S/C21H19N5O3/c1-29-18-5-3-2-4-14(18)15-11-19(25-24-15)23-20(27)12-6-9-17-16(10-12)22-21(28)26(17)13-7-8-13/h2-6,9-11,13H,7-8H2,1H3,(H,22,28)(H2,23,24,25,27). The molecule has 0 saturated heterocycles. The Kier molecular flexibility index (Phi) is 3.97. The summed E-state index contributed by atoms with van der Waals surface area (Å²) in [5, 5.41) is 9.88. The Hall–Kier alpha value is -3.81. The number of ether oxygens (including phenoxy) is 1. The van der Waals surface area contributed by atoms with Gasteiger partial charge in [-0.05, 0) is 43.2 Å². The van der Waals surface area contributed by atoms with Crippen LogP contribution in [0.2, 0.25) is 0 Å². The molecule has 8 nitrogen and oxygen atoms in total. The first-order chi connectivity index (χ1) is 14.1. The van der Waals surface area contributed by atoms with Crippen LogP contribution in [0.3, 0.4) is 0 Å². The second kappa shape index (κ2) is 6.66. The predicted octanol–water partition coefficient (Wildman–Crippen LogP) is 3.32. The quantitative estimate of drug-likeness (QED) is 0.487. The summed E-state index contributed by atoms with van der Waals surface area (Å²) in [6.07, 6.45) is 2.03. The number of rotatable bonds is 5. The number of amides is 1. The van der Waals surface area contributed by atoms with Gasteiger partial charge in [0.15, 0.2) is 5.82 Å². The van der Waals surface area contributed by atoms with Crippen molar-refractivity contribution in [3.05, 3.63) is 64.6 Å². The first-order valence-electron chi connectivity index (χ1n) is 9.38. The maximum atomic E-state index is 12.7. The lowest BCUT2D eigenvalue weighted by Crippen LogP contribution is -2.14. The van der Waals surface area contributed by atoms with E-state index < -0.39 is 0 Å². The van der Waals surface area contributed by atoms with Gasteiger partial charge in [0.25, 0.3) is 5.91 Å². The van der Waals surface area contributed by atoms with E-state index in [0.717, 1.165) is 29.6 Å². The zero-order valence-corrected chi connectivity index (χ0v) is 15.7. The molecule has 29 heavy (non-hydrogen) atoms. The minimum atomic E-state index is -0.301. The fraction of sp³-hybridized carbons (Fsp3) is 0.190. The average molecular weight is 389 g/mol. The molecule has 0 spiro atoms. The molecule has 1 fully saturated rings. The van der Waals surface area contributed by atoms with Crippen molar-refractivity contribution in [3.63, 3.8) is 0 Å². The van der Waals surface area contributed by atoms with Crippen LogP contribution in [0.25, 0.3) is 22.3 Å². The molecule has 0 bridgehead atoms. The largest absolute Gasteiger partial charge is 0.496 e. The van der Waals surface area contributed by atoms with E-state index in [1.165, 1.54) is 0 Å². The maximum Gasteiger partial charge on any atom is 0.326 e. The first kappa shape index (κ1) is 17.3. The van der Waals surface area contributed by atoms with Gasteiger partial charge in [0.2, 0.25) is 0 Å². The summed E-state index contributed by atoms with van der Waals surface area (Å²) >= 11 is 0. The number of methoxy groups -OCH3 is 1. The molecule has 1 amide bonds. The molecule has 2 heterocycles. The number of carbonyl (C=O) groups is 1. The van der Waals surface area contributed by atoms with Crippen molar-refractivity contribution in [2.24, 2.45) is 0 Å². The Labute approximate surface area is 165 Å². The topological polar surface area (TPSA) is 105 Å². The van der Waals surface area contributed by atoms with E-state index in [4.69, 9.17) is 4.74 Å². The van der Waals surface area contributed by atoms with Crippen LogP contribution in [0.5, 0.6) is 5.75 Å². The lowest BCUT2D eigenvalue weighted by molar-refractivity contribution is 0.102. The summed E-state index contributed by atoms with van der Waals surface area (Å²) in [6.45, 7) is 0. The van der Waals surface area contributed by atoms with Gasteiger partial charge in [-0.3, -0.25) is 14.5 Å². The molecule has 1 saturated carbocycles. The Morgan fingerprint density at radius 2 is 2.03 bits per heavy atom. The lowest BCUT2D eigenvalue weighted by Gasteiger charge is -2.05. The maximum absolute atomic E-state index is 12.7. The van der Waals surface area contributed by atoms with Gasteiger partial charge >= 0.3 is 5.69 Å². The summed E-state index contributed by atoms with van der Waals surface area (Å²) in [5.41, 5.74) is 3.39. The van der Waals surface area contributed by atoms with Crippen molar-refractivity contribution in [1.29, 1.82) is 0 Å². The molecule has 1 aliphatic carbocycles. The lowest BCUT2D eigenvalue weighted by atomic mass is 10.1. The molecular formula is C21H19N5O3. The molecule has 0 unspecified atom stereocenters. The monoisotopic (exact) mass is 389 g/mol. The van der Waals surface area contributed by atoms with Crippen molar-refractivity contribution in [2.45, 2.75) is 18.9 Å². The molecule has 0 radical (unpaired) electrons. The molecule has 2 aromatic carbocycles. The number of carbonyl (C=O) groups excluding carboxylic acids is 1. The molecule has 3 N–H and O–H groups in total. The summed E-state index contributed by atoms with van der Waals surface area (Å²) in [4.78, 5) is 27.7. The molecule has 1 aliphatic rings. The van der Waals surface area contributed by atoms with Crippen LogP contribution in [0.1, 0.15) is 29.2 Å². The van der Waals surface area contributed by atoms with E-state index in [9.17, 15) is 9.59 Å². The highest BCUT2D eigenvalue weighted by Gasteiger charge is 2.27. The second-order valence-corrected chi connectivity index (χ2v) is 7.08. The molecule has 5 rings (SSSR count). The zero-order valence-electron chi connectivity index (χ0n) is 15.7. The van der Waals surface area contributed by atoms with Gasteiger partial charge in [0.1, 0.15) is 5.75 Å². The van der Waals surface area contributed by atoms with E-state index in [1.54, 1.807) is 29.9 Å². The third kappa shape index (κ3) is 3.08. The number of aromatic nitrogens is 4. The number of imidazole rings is 1. The SMILES string of the molecule is COc1ccccc1-c1cc(NC(=O)c2ccc3c(c2)[nH]c(=O)n3C2CC2)n[nH]1. The number of fused-ring (bicyclic) bond motifs is 1. The number of H-pyrrole nitrogens is 2. The second-order valence-electron chi connectivity index (χ2n) is 7.08. The van der Waals surface area contributed by atoms with Gasteiger partial charge in [0, 0.05) is 23.2 Å². The Balaban J connectivity index is 1.39. The molecule has 8 heteroatoms. The highest BCUT2D eigenvalue weighted by Crippen LogP contribution is 2.35. The summed E-state index contributed by atoms with van der Waals surface area (Å²) in [7, 11) is 1.61. The molecular weight excluding hydrogens is 370 g/mol. The van der Waals surface area contributed by atoms with Gasteiger partial charge in [-0.2, -0.15) is 5.10 Å². The molecule has 2 aromatic heterocycles. The number of aromatic amines is 2. The molecule has 0 aliphatic heterocycles. The number of benzene rings is 2. The minimum Gasteiger partial charge on any atom is -0.496 e. The van der Waals surface area contributed by atoms with E-state index in [2.05, 4.69) is 20.5 Å². The predicted molar refractivity (Wildman–Crippen MR) is 109 cm³/mol. The number of nitrogens with one attached hydrogen (secondary N) is 3. The van der Waals surface area contributed by atoms with Gasteiger partial charge < -0.3 is 15.0 Å². The number of hydrogen-bond acceptors (Lipinski definition) is 4. The third-order valence-electron chi connectivity index (χ3n) is 5.11. The van der Waals surface area contributed by atoms with E-state index >= 15 is 0 Å². The van der Waals surface area contributed by atoms with Gasteiger partial charge in [-0.15, -0.1) is 0 Å². The summed E-state index contributed by atoms with van der Waals surface area (Å²) in [6, 6.07) is 14.8. The van der Waals surface area contributed by atoms with Gasteiger partial charge in [0.05, 0.1) is 23.8 Å². The van der Waals surface area contributed by atoms with Crippen LogP contribution in [0, 0.1) is 0 Å². The number of hydrogen-bond donors (Lipinski definition) is 3. The smallest absolute Gasteiger partial charge is 0.326 e. The van der Waals surface area contributed by atoms with Crippen molar-refractivity contribution >= 4 is 22.8 Å². The van der Waals surface area contributed by atoms with E-state index in [0.29, 0.717) is 22.6 Å². The van der Waals surface area contributed by atoms with Crippen LogP contribution in [-0.2, 0) is 0 Å². The third-order valence-corrected chi connectivity index (χ3v) is 5.11. The van der Waals surface area contributed by atoms with Crippen LogP contribution in [-0.4, -0.2) is 32.8 Å². The number of anilines is 1. The number of para-hydroxylation sites is 1. The fourth-order valence-corrected chi connectivity index (χ4v) is 3.55.